The van der Waals surface area contributed by atoms with Crippen molar-refractivity contribution >= 4 is 17.5 Å². The number of carbonyl (C=O) groups excluding carboxylic acids is 2. The Morgan fingerprint density at radius 1 is 0.867 bits per heavy atom. The molecule has 0 unspecified atom stereocenters. The molecule has 0 aliphatic carbocycles. The Hall–Kier alpha value is -1.88. The van der Waals surface area contributed by atoms with E-state index in [0.717, 1.165) is 12.8 Å². The van der Waals surface area contributed by atoms with Crippen LogP contribution in [0.15, 0.2) is 24.3 Å². The van der Waals surface area contributed by atoms with E-state index in [2.05, 4.69) is 12.2 Å². The zero-order valence-electron chi connectivity index (χ0n) is 18.8. The maximum Gasteiger partial charge on any atom is 0.256 e. The molecule has 1 saturated heterocycles. The van der Waals surface area contributed by atoms with Crippen molar-refractivity contribution in [3.63, 3.8) is 0 Å². The first-order valence-corrected chi connectivity index (χ1v) is 12.0. The molecule has 2 rings (SSSR count). The molecular formula is C25H40N2O3. The SMILES string of the molecule is CCCCCCCCCCCCCC(=O)Nc1ccccc1C(=O)N1CCOCC1. The van der Waals surface area contributed by atoms with Crippen LogP contribution >= 0.6 is 0 Å². The van der Waals surface area contributed by atoms with Crippen molar-refractivity contribution in [1.29, 1.82) is 0 Å². The van der Waals surface area contributed by atoms with E-state index >= 15 is 0 Å². The third-order valence-electron chi connectivity index (χ3n) is 5.74. The van der Waals surface area contributed by atoms with Crippen LogP contribution in [0, 0.1) is 0 Å². The number of ether oxygens (including phenoxy) is 1. The topological polar surface area (TPSA) is 58.6 Å². The number of amides is 2. The highest BCUT2D eigenvalue weighted by Crippen LogP contribution is 2.19. The van der Waals surface area contributed by atoms with Gasteiger partial charge >= 0.3 is 0 Å². The van der Waals surface area contributed by atoms with Crippen LogP contribution in [0.4, 0.5) is 5.69 Å². The number of para-hydroxylation sites is 1. The lowest BCUT2D eigenvalue weighted by Crippen LogP contribution is -2.41. The minimum atomic E-state index is -0.0381. The number of unbranched alkanes of at least 4 members (excludes halogenated alkanes) is 10. The largest absolute Gasteiger partial charge is 0.378 e. The van der Waals surface area contributed by atoms with Gasteiger partial charge in [0.05, 0.1) is 24.5 Å². The van der Waals surface area contributed by atoms with Crippen LogP contribution in [0.1, 0.15) is 94.3 Å². The molecule has 1 heterocycles. The number of morpholine rings is 1. The van der Waals surface area contributed by atoms with E-state index in [1.807, 2.05) is 18.2 Å². The van der Waals surface area contributed by atoms with Gasteiger partial charge in [-0.25, -0.2) is 0 Å². The third kappa shape index (κ3) is 9.29. The summed E-state index contributed by atoms with van der Waals surface area (Å²) in [6.07, 6.45) is 14.4. The van der Waals surface area contributed by atoms with Crippen LogP contribution in [0.2, 0.25) is 0 Å². The van der Waals surface area contributed by atoms with E-state index < -0.39 is 0 Å². The lowest BCUT2D eigenvalue weighted by molar-refractivity contribution is -0.116. The van der Waals surface area contributed by atoms with Crippen molar-refractivity contribution in [1.82, 2.24) is 4.90 Å². The minimum absolute atomic E-state index is 0.00634. The average Bonchev–Trinajstić information content (AvgIpc) is 2.78. The van der Waals surface area contributed by atoms with Gasteiger partial charge in [0.15, 0.2) is 0 Å². The molecule has 2 amide bonds. The number of carbonyl (C=O) groups is 2. The lowest BCUT2D eigenvalue weighted by atomic mass is 10.1. The van der Waals surface area contributed by atoms with Crippen molar-refractivity contribution in [2.75, 3.05) is 31.6 Å². The maximum atomic E-state index is 12.8. The number of nitrogens with zero attached hydrogens (tertiary/aromatic N) is 1. The fraction of sp³-hybridized carbons (Fsp3) is 0.680. The number of hydrogen-bond donors (Lipinski definition) is 1. The number of anilines is 1. The quantitative estimate of drug-likeness (QED) is 0.390. The molecule has 0 spiro atoms. The minimum Gasteiger partial charge on any atom is -0.378 e. The van der Waals surface area contributed by atoms with Crippen molar-refractivity contribution < 1.29 is 14.3 Å². The first-order chi connectivity index (χ1) is 14.7. The van der Waals surface area contributed by atoms with Gasteiger partial charge in [-0.15, -0.1) is 0 Å². The highest BCUT2D eigenvalue weighted by atomic mass is 16.5. The Bertz CT molecular complexity index is 627. The summed E-state index contributed by atoms with van der Waals surface area (Å²) < 4.78 is 5.32. The highest BCUT2D eigenvalue weighted by molar-refractivity contribution is 6.03. The summed E-state index contributed by atoms with van der Waals surface area (Å²) >= 11 is 0. The Balaban J connectivity index is 1.62. The maximum absolute atomic E-state index is 12.8. The molecule has 30 heavy (non-hydrogen) atoms. The molecule has 5 heteroatoms. The molecule has 0 aromatic heterocycles. The molecule has 0 saturated carbocycles. The second-order valence-corrected chi connectivity index (χ2v) is 8.28. The van der Waals surface area contributed by atoms with E-state index in [1.165, 1.54) is 57.8 Å². The molecule has 1 aromatic rings. The zero-order chi connectivity index (χ0) is 21.4. The number of hydrogen-bond acceptors (Lipinski definition) is 3. The molecular weight excluding hydrogens is 376 g/mol. The van der Waals surface area contributed by atoms with Crippen LogP contribution in [-0.4, -0.2) is 43.0 Å². The van der Waals surface area contributed by atoms with Gasteiger partial charge in [-0.3, -0.25) is 9.59 Å². The molecule has 1 aliphatic rings. The number of benzene rings is 1. The van der Waals surface area contributed by atoms with Crippen LogP contribution in [0.3, 0.4) is 0 Å². The molecule has 168 valence electrons. The summed E-state index contributed by atoms with van der Waals surface area (Å²) in [6, 6.07) is 7.29. The molecule has 5 nitrogen and oxygen atoms in total. The summed E-state index contributed by atoms with van der Waals surface area (Å²) in [5.41, 5.74) is 1.17. The fourth-order valence-electron chi connectivity index (χ4n) is 3.88. The Kier molecular flexibility index (Phi) is 12.2. The fourth-order valence-corrected chi connectivity index (χ4v) is 3.88. The van der Waals surface area contributed by atoms with E-state index in [9.17, 15) is 9.59 Å². The first kappa shape index (κ1) is 24.4. The second kappa shape index (κ2) is 15.0. The zero-order valence-corrected chi connectivity index (χ0v) is 18.8. The summed E-state index contributed by atoms with van der Waals surface area (Å²) in [5.74, 6) is -0.0444. The van der Waals surface area contributed by atoms with E-state index in [4.69, 9.17) is 4.74 Å². The molecule has 1 aromatic carbocycles. The molecule has 1 aliphatic heterocycles. The van der Waals surface area contributed by atoms with Gasteiger partial charge in [0.25, 0.3) is 5.91 Å². The van der Waals surface area contributed by atoms with Crippen molar-refractivity contribution in [2.45, 2.75) is 84.0 Å². The van der Waals surface area contributed by atoms with Gasteiger partial charge in [-0.05, 0) is 18.6 Å². The predicted octanol–water partition coefficient (Wildman–Crippen LogP) is 5.80. The first-order valence-electron chi connectivity index (χ1n) is 12.0. The van der Waals surface area contributed by atoms with Crippen LogP contribution in [0.25, 0.3) is 0 Å². The standard InChI is InChI=1S/C25H40N2O3/c1-2-3-4-5-6-7-8-9-10-11-12-17-24(28)26-23-16-14-13-15-22(23)25(29)27-18-20-30-21-19-27/h13-16H,2-12,17-21H2,1H3,(H,26,28). The Labute approximate surface area is 182 Å². The van der Waals surface area contributed by atoms with Crippen molar-refractivity contribution in [3.8, 4) is 0 Å². The Morgan fingerprint density at radius 3 is 2.07 bits per heavy atom. The van der Waals surface area contributed by atoms with Gasteiger partial charge in [-0.2, -0.15) is 0 Å². The number of nitrogens with one attached hydrogen (secondary N) is 1. The molecule has 1 N–H and O–H groups in total. The van der Waals surface area contributed by atoms with Gasteiger partial charge in [0, 0.05) is 19.5 Å². The van der Waals surface area contributed by atoms with Gasteiger partial charge < -0.3 is 15.0 Å². The van der Waals surface area contributed by atoms with Gasteiger partial charge in [-0.1, -0.05) is 83.3 Å². The monoisotopic (exact) mass is 416 g/mol. The summed E-state index contributed by atoms with van der Waals surface area (Å²) in [4.78, 5) is 26.9. The van der Waals surface area contributed by atoms with E-state index in [1.54, 1.807) is 11.0 Å². The average molecular weight is 417 g/mol. The third-order valence-corrected chi connectivity index (χ3v) is 5.74. The van der Waals surface area contributed by atoms with Crippen LogP contribution in [0.5, 0.6) is 0 Å². The van der Waals surface area contributed by atoms with Gasteiger partial charge in [0.2, 0.25) is 5.91 Å². The summed E-state index contributed by atoms with van der Waals surface area (Å²) in [7, 11) is 0. The predicted molar refractivity (Wildman–Crippen MR) is 123 cm³/mol. The molecule has 0 atom stereocenters. The van der Waals surface area contributed by atoms with Crippen molar-refractivity contribution in [3.05, 3.63) is 29.8 Å². The molecule has 0 radical (unpaired) electrons. The lowest BCUT2D eigenvalue weighted by Gasteiger charge is -2.27. The van der Waals surface area contributed by atoms with Crippen LogP contribution < -0.4 is 5.32 Å². The summed E-state index contributed by atoms with van der Waals surface area (Å²) in [5, 5.41) is 2.95. The normalized spacial score (nSPS) is 14.0. The van der Waals surface area contributed by atoms with Gasteiger partial charge in [0.1, 0.15) is 0 Å². The molecule has 1 fully saturated rings. The molecule has 0 bridgehead atoms. The number of rotatable bonds is 14. The van der Waals surface area contributed by atoms with E-state index in [-0.39, 0.29) is 11.8 Å². The smallest absolute Gasteiger partial charge is 0.256 e. The highest BCUT2D eigenvalue weighted by Gasteiger charge is 2.21. The summed E-state index contributed by atoms with van der Waals surface area (Å²) in [6.45, 7) is 4.59. The van der Waals surface area contributed by atoms with Crippen molar-refractivity contribution in [2.24, 2.45) is 0 Å². The Morgan fingerprint density at radius 2 is 1.43 bits per heavy atom. The van der Waals surface area contributed by atoms with Crippen LogP contribution in [-0.2, 0) is 9.53 Å². The van der Waals surface area contributed by atoms with E-state index in [0.29, 0.717) is 44.0 Å². The second-order valence-electron chi connectivity index (χ2n) is 8.28.